The zero-order valence-corrected chi connectivity index (χ0v) is 19.6. The van der Waals surface area contributed by atoms with E-state index in [1.807, 2.05) is 60.0 Å². The SMILES string of the molecule is CN(CCOc1ccc(-c2cccc(-c3ccccc3)c2)cc1C(=O)c1cccs1)CC(=O)O. The molecule has 34 heavy (non-hydrogen) atoms. The van der Waals surface area contributed by atoms with E-state index >= 15 is 0 Å². The normalized spacial score (nSPS) is 10.9. The van der Waals surface area contributed by atoms with Gasteiger partial charge in [-0.2, -0.15) is 0 Å². The smallest absolute Gasteiger partial charge is 0.317 e. The summed E-state index contributed by atoms with van der Waals surface area (Å²) < 4.78 is 5.94. The van der Waals surface area contributed by atoms with Gasteiger partial charge >= 0.3 is 5.97 Å². The number of carbonyl (C=O) groups excluding carboxylic acids is 1. The van der Waals surface area contributed by atoms with Crippen LogP contribution in [0.1, 0.15) is 15.2 Å². The third-order valence-corrected chi connectivity index (χ3v) is 6.28. The van der Waals surface area contributed by atoms with Gasteiger partial charge in [-0.15, -0.1) is 11.3 Å². The van der Waals surface area contributed by atoms with Crippen molar-refractivity contribution >= 4 is 23.1 Å². The number of hydrogen-bond acceptors (Lipinski definition) is 5. The molecule has 0 atom stereocenters. The number of nitrogens with zero attached hydrogens (tertiary/aromatic N) is 1. The summed E-state index contributed by atoms with van der Waals surface area (Å²) >= 11 is 1.39. The summed E-state index contributed by atoms with van der Waals surface area (Å²) in [6.07, 6.45) is 0. The molecule has 4 rings (SSSR count). The second kappa shape index (κ2) is 10.9. The van der Waals surface area contributed by atoms with Crippen LogP contribution in [0.4, 0.5) is 0 Å². The molecule has 0 saturated heterocycles. The zero-order chi connectivity index (χ0) is 23.9. The highest BCUT2D eigenvalue weighted by molar-refractivity contribution is 7.12. The average molecular weight is 472 g/mol. The number of thiophene rings is 1. The second-order valence-corrected chi connectivity index (χ2v) is 8.89. The Bertz CT molecular complexity index is 1270. The molecule has 4 aromatic rings. The summed E-state index contributed by atoms with van der Waals surface area (Å²) in [5.41, 5.74) is 4.66. The van der Waals surface area contributed by atoms with Crippen LogP contribution in [0.3, 0.4) is 0 Å². The fourth-order valence-corrected chi connectivity index (χ4v) is 4.36. The van der Waals surface area contributed by atoms with Crippen LogP contribution in [0.5, 0.6) is 5.75 Å². The Hall–Kier alpha value is -3.74. The van der Waals surface area contributed by atoms with Gasteiger partial charge in [0.15, 0.2) is 0 Å². The Kier molecular flexibility index (Phi) is 7.52. The summed E-state index contributed by atoms with van der Waals surface area (Å²) in [6, 6.07) is 27.7. The number of ether oxygens (including phenoxy) is 1. The van der Waals surface area contributed by atoms with Crippen LogP contribution in [0, 0.1) is 0 Å². The molecule has 0 spiro atoms. The first-order chi connectivity index (χ1) is 16.5. The van der Waals surface area contributed by atoms with E-state index < -0.39 is 5.97 Å². The maximum Gasteiger partial charge on any atom is 0.317 e. The first-order valence-electron chi connectivity index (χ1n) is 10.9. The quantitative estimate of drug-likeness (QED) is 0.300. The van der Waals surface area contributed by atoms with Crippen molar-refractivity contribution in [2.75, 3.05) is 26.7 Å². The molecule has 6 heteroatoms. The summed E-state index contributed by atoms with van der Waals surface area (Å²) in [5.74, 6) is -0.492. The molecule has 0 saturated carbocycles. The van der Waals surface area contributed by atoms with Crippen LogP contribution in [-0.2, 0) is 4.79 Å². The summed E-state index contributed by atoms with van der Waals surface area (Å²) in [5, 5.41) is 10.8. The van der Waals surface area contributed by atoms with Crippen LogP contribution in [0.2, 0.25) is 0 Å². The van der Waals surface area contributed by atoms with Gasteiger partial charge in [-0.1, -0.05) is 60.7 Å². The van der Waals surface area contributed by atoms with Crippen molar-refractivity contribution in [1.29, 1.82) is 0 Å². The van der Waals surface area contributed by atoms with Crippen LogP contribution < -0.4 is 4.74 Å². The van der Waals surface area contributed by atoms with Crippen molar-refractivity contribution in [3.05, 3.63) is 101 Å². The minimum absolute atomic E-state index is 0.0684. The molecule has 0 fully saturated rings. The van der Waals surface area contributed by atoms with E-state index in [1.165, 1.54) is 11.3 Å². The predicted molar refractivity (Wildman–Crippen MR) is 136 cm³/mol. The van der Waals surface area contributed by atoms with Crippen molar-refractivity contribution < 1.29 is 19.4 Å². The van der Waals surface area contributed by atoms with Crippen molar-refractivity contribution in [2.45, 2.75) is 0 Å². The van der Waals surface area contributed by atoms with E-state index in [4.69, 9.17) is 9.84 Å². The van der Waals surface area contributed by atoms with E-state index in [9.17, 15) is 9.59 Å². The first kappa shape index (κ1) is 23.4. The average Bonchev–Trinajstić information content (AvgIpc) is 3.39. The zero-order valence-electron chi connectivity index (χ0n) is 18.8. The Balaban J connectivity index is 1.63. The highest BCUT2D eigenvalue weighted by Crippen LogP contribution is 2.32. The van der Waals surface area contributed by atoms with E-state index in [-0.39, 0.29) is 18.9 Å². The van der Waals surface area contributed by atoms with Crippen LogP contribution >= 0.6 is 11.3 Å². The molecule has 3 aromatic carbocycles. The molecule has 0 amide bonds. The second-order valence-electron chi connectivity index (χ2n) is 7.94. The Morgan fingerprint density at radius 2 is 1.56 bits per heavy atom. The molecular formula is C28H25NO4S. The summed E-state index contributed by atoms with van der Waals surface area (Å²) in [4.78, 5) is 26.5. The van der Waals surface area contributed by atoms with Gasteiger partial charge in [0.05, 0.1) is 17.0 Å². The number of rotatable bonds is 10. The summed E-state index contributed by atoms with van der Waals surface area (Å²) in [6.45, 7) is 0.637. The first-order valence-corrected chi connectivity index (χ1v) is 11.8. The fourth-order valence-electron chi connectivity index (χ4n) is 3.68. The number of hydrogen-bond donors (Lipinski definition) is 1. The van der Waals surface area contributed by atoms with Crippen molar-refractivity contribution in [2.24, 2.45) is 0 Å². The number of benzene rings is 3. The van der Waals surface area contributed by atoms with E-state index in [0.29, 0.717) is 22.7 Å². The van der Waals surface area contributed by atoms with Gasteiger partial charge in [0.25, 0.3) is 0 Å². The maximum absolute atomic E-state index is 13.3. The molecule has 0 aliphatic rings. The molecule has 0 bridgehead atoms. The van der Waals surface area contributed by atoms with Crippen molar-refractivity contribution in [1.82, 2.24) is 4.90 Å². The monoisotopic (exact) mass is 471 g/mol. The van der Waals surface area contributed by atoms with E-state index in [1.54, 1.807) is 18.0 Å². The van der Waals surface area contributed by atoms with Crippen LogP contribution in [-0.4, -0.2) is 48.5 Å². The molecule has 0 unspecified atom stereocenters. The lowest BCUT2D eigenvalue weighted by molar-refractivity contribution is -0.138. The van der Waals surface area contributed by atoms with Gasteiger partial charge < -0.3 is 9.84 Å². The summed E-state index contributed by atoms with van der Waals surface area (Å²) in [7, 11) is 1.72. The molecule has 0 aliphatic carbocycles. The minimum atomic E-state index is -0.891. The molecule has 5 nitrogen and oxygen atoms in total. The maximum atomic E-state index is 13.3. The van der Waals surface area contributed by atoms with Gasteiger partial charge in [-0.05, 0) is 58.9 Å². The van der Waals surface area contributed by atoms with Gasteiger partial charge in [0, 0.05) is 6.54 Å². The third-order valence-electron chi connectivity index (χ3n) is 5.41. The molecule has 172 valence electrons. The lowest BCUT2D eigenvalue weighted by Crippen LogP contribution is -2.29. The number of aliphatic carboxylic acids is 1. The predicted octanol–water partition coefficient (Wildman–Crippen LogP) is 5.71. The van der Waals surface area contributed by atoms with E-state index in [0.717, 1.165) is 22.3 Å². The Morgan fingerprint density at radius 1 is 0.853 bits per heavy atom. The molecule has 0 aliphatic heterocycles. The van der Waals surface area contributed by atoms with Gasteiger partial charge in [0.2, 0.25) is 5.78 Å². The number of carbonyl (C=O) groups is 2. The molecule has 1 heterocycles. The van der Waals surface area contributed by atoms with Crippen LogP contribution in [0.15, 0.2) is 90.3 Å². The largest absolute Gasteiger partial charge is 0.491 e. The number of carboxylic acid groups (broad SMARTS) is 1. The van der Waals surface area contributed by atoms with Gasteiger partial charge in [0.1, 0.15) is 12.4 Å². The number of carboxylic acids is 1. The van der Waals surface area contributed by atoms with Crippen molar-refractivity contribution in [3.8, 4) is 28.0 Å². The highest BCUT2D eigenvalue weighted by atomic mass is 32.1. The van der Waals surface area contributed by atoms with Gasteiger partial charge in [-0.3, -0.25) is 14.5 Å². The fraction of sp³-hybridized carbons (Fsp3) is 0.143. The van der Waals surface area contributed by atoms with E-state index in [2.05, 4.69) is 24.3 Å². The lowest BCUT2D eigenvalue weighted by atomic mass is 9.96. The molecular weight excluding hydrogens is 446 g/mol. The highest BCUT2D eigenvalue weighted by Gasteiger charge is 2.18. The molecule has 1 N–H and O–H groups in total. The Labute approximate surface area is 202 Å². The number of likely N-dealkylation sites (N-methyl/N-ethyl adjacent to an activating group) is 1. The topological polar surface area (TPSA) is 66.8 Å². The Morgan fingerprint density at radius 3 is 2.26 bits per heavy atom. The molecule has 0 radical (unpaired) electrons. The van der Waals surface area contributed by atoms with Crippen molar-refractivity contribution in [3.63, 3.8) is 0 Å². The minimum Gasteiger partial charge on any atom is -0.491 e. The lowest BCUT2D eigenvalue weighted by Gasteiger charge is -2.16. The third kappa shape index (κ3) is 5.78. The number of ketones is 1. The standard InChI is InChI=1S/C28H25NO4S/c1-29(19-27(30)31)14-15-33-25-13-12-23(18-24(25)28(32)26-11-6-16-34-26)22-10-5-9-21(17-22)20-7-3-2-4-8-20/h2-13,16-18H,14-15,19H2,1H3,(H,30,31). The molecule has 1 aromatic heterocycles. The van der Waals surface area contributed by atoms with Gasteiger partial charge in [-0.25, -0.2) is 0 Å². The van der Waals surface area contributed by atoms with Crippen LogP contribution in [0.25, 0.3) is 22.3 Å².